The molecule has 3 saturated carbocycles. The number of hydrogen-bond acceptors (Lipinski definition) is 7. The predicted octanol–water partition coefficient (Wildman–Crippen LogP) is 3.76. The molecule has 2 aromatic rings. The number of hydrogen-bond donors (Lipinski definition) is 3. The van der Waals surface area contributed by atoms with Crippen LogP contribution in [0, 0.1) is 17.3 Å². The molecular formula is C34H40N4O7S. The van der Waals surface area contributed by atoms with Crippen molar-refractivity contribution in [2.45, 2.75) is 67.6 Å². The highest BCUT2D eigenvalue weighted by atomic mass is 32.2. The van der Waals surface area contributed by atoms with Crippen LogP contribution in [0.15, 0.2) is 66.7 Å². The number of para-hydroxylation sites is 1. The smallest absolute Gasteiger partial charge is 0.411 e. The number of nitrogens with zero attached hydrogens (tertiary/aromatic N) is 1. The molecule has 244 valence electrons. The van der Waals surface area contributed by atoms with E-state index < -0.39 is 67.1 Å². The summed E-state index contributed by atoms with van der Waals surface area (Å²) in [6, 6.07) is 16.7. The molecule has 6 rings (SSSR count). The van der Waals surface area contributed by atoms with Gasteiger partial charge in [0, 0.05) is 31.5 Å². The number of allylic oxidation sites excluding steroid dienone is 1. The van der Waals surface area contributed by atoms with Gasteiger partial charge in [-0.05, 0) is 56.6 Å². The quantitative estimate of drug-likeness (QED) is 0.317. The lowest BCUT2D eigenvalue weighted by Gasteiger charge is -2.34. The first-order valence-electron chi connectivity index (χ1n) is 15.9. The molecule has 2 aromatic carbocycles. The maximum atomic E-state index is 14.3. The number of fused-ring (bicyclic) bond motifs is 2. The molecule has 3 aliphatic carbocycles. The number of nitrogens with one attached hydrogen (secondary N) is 2. The minimum Gasteiger partial charge on any atom is -0.446 e. The molecule has 0 radical (unpaired) electrons. The molecule has 5 unspecified atom stereocenters. The van der Waals surface area contributed by atoms with E-state index in [0.29, 0.717) is 37.9 Å². The second-order valence-corrected chi connectivity index (χ2v) is 15.5. The van der Waals surface area contributed by atoms with Gasteiger partial charge in [-0.25, -0.2) is 13.2 Å². The van der Waals surface area contributed by atoms with Gasteiger partial charge in [-0.3, -0.25) is 19.7 Å². The van der Waals surface area contributed by atoms with E-state index in [0.717, 1.165) is 17.5 Å². The standard InChI is InChI=1S/C34H40N4O7S/c1-38-18-10-3-2-7-13-23-20-34(23,46(43,44)25-16-17-25)37-31(41)33(30(35)40)21-24(19-27(33)29(38)39)45-32(42)36-28-15-9-8-14-26(28)22-11-5-4-6-12-22/h4-9,11-15,23-25,27H,2-3,10,16-21H2,1H3,(H2,35,40)(H,36,42)(H,37,41)/b13-7-. The number of rotatable bonds is 6. The van der Waals surface area contributed by atoms with E-state index >= 15 is 0 Å². The summed E-state index contributed by atoms with van der Waals surface area (Å²) < 4.78 is 33.1. The Bertz CT molecular complexity index is 1670. The lowest BCUT2D eigenvalue weighted by molar-refractivity contribution is -0.153. The van der Waals surface area contributed by atoms with Crippen LogP contribution in [0.1, 0.15) is 51.4 Å². The number of amides is 4. The van der Waals surface area contributed by atoms with E-state index in [4.69, 9.17) is 10.5 Å². The third kappa shape index (κ3) is 5.67. The average Bonchev–Trinajstić information content (AvgIpc) is 3.96. The van der Waals surface area contributed by atoms with Gasteiger partial charge >= 0.3 is 6.09 Å². The number of benzene rings is 2. The lowest BCUT2D eigenvalue weighted by atomic mass is 9.75. The zero-order valence-electron chi connectivity index (χ0n) is 25.8. The van der Waals surface area contributed by atoms with Crippen molar-refractivity contribution in [3.05, 3.63) is 66.7 Å². The SMILES string of the molecule is CN1CCCC/C=C\C2CC2(S(=O)(=O)C2CC2)NC(=O)C2(C(N)=O)CC(OC(=O)Nc3ccccc3-c3ccccc3)CC2C1=O. The van der Waals surface area contributed by atoms with Crippen molar-refractivity contribution in [2.75, 3.05) is 18.9 Å². The molecule has 1 heterocycles. The van der Waals surface area contributed by atoms with Gasteiger partial charge in [-0.1, -0.05) is 60.7 Å². The third-order valence-electron chi connectivity index (χ3n) is 9.93. The van der Waals surface area contributed by atoms with Crippen LogP contribution in [-0.4, -0.2) is 66.9 Å². The molecule has 11 nitrogen and oxygen atoms in total. The highest BCUT2D eigenvalue weighted by Gasteiger charge is 2.70. The normalized spacial score (nSPS) is 30.6. The fraction of sp³-hybridized carbons (Fsp3) is 0.471. The zero-order valence-corrected chi connectivity index (χ0v) is 26.6. The predicted molar refractivity (Wildman–Crippen MR) is 172 cm³/mol. The second-order valence-electron chi connectivity index (χ2n) is 13.0. The molecule has 4 amide bonds. The Kier molecular flexibility index (Phi) is 8.43. The summed E-state index contributed by atoms with van der Waals surface area (Å²) in [5.74, 6) is -4.15. The molecule has 0 spiro atoms. The molecular weight excluding hydrogens is 608 g/mol. The van der Waals surface area contributed by atoms with Gasteiger partial charge in [0.2, 0.25) is 17.7 Å². The first-order chi connectivity index (χ1) is 22.0. The van der Waals surface area contributed by atoms with Gasteiger partial charge in [0.05, 0.1) is 16.9 Å². The number of primary amides is 1. The second kappa shape index (κ2) is 12.2. The van der Waals surface area contributed by atoms with Crippen molar-refractivity contribution in [2.24, 2.45) is 23.0 Å². The van der Waals surface area contributed by atoms with Crippen LogP contribution in [0.2, 0.25) is 0 Å². The number of carbonyl (C=O) groups is 4. The van der Waals surface area contributed by atoms with Crippen molar-refractivity contribution in [1.82, 2.24) is 10.2 Å². The Morgan fingerprint density at radius 1 is 1.02 bits per heavy atom. The van der Waals surface area contributed by atoms with Crippen molar-refractivity contribution >= 4 is 39.3 Å². The fourth-order valence-electron chi connectivity index (χ4n) is 7.10. The van der Waals surface area contributed by atoms with Gasteiger partial charge in [-0.15, -0.1) is 0 Å². The van der Waals surface area contributed by atoms with Crippen molar-refractivity contribution in [3.63, 3.8) is 0 Å². The average molecular weight is 649 g/mol. The van der Waals surface area contributed by atoms with Crippen molar-refractivity contribution in [1.29, 1.82) is 0 Å². The van der Waals surface area contributed by atoms with Gasteiger partial charge in [0.15, 0.2) is 9.84 Å². The molecule has 0 bridgehead atoms. The molecule has 3 fully saturated rings. The minimum atomic E-state index is -3.78. The van der Waals surface area contributed by atoms with Gasteiger partial charge in [-0.2, -0.15) is 0 Å². The number of carbonyl (C=O) groups excluding carboxylic acids is 4. The largest absolute Gasteiger partial charge is 0.446 e. The summed E-state index contributed by atoms with van der Waals surface area (Å²) in [6.45, 7) is 0.394. The molecule has 12 heteroatoms. The summed E-state index contributed by atoms with van der Waals surface area (Å²) in [5.41, 5.74) is 5.99. The maximum absolute atomic E-state index is 14.3. The van der Waals surface area contributed by atoms with E-state index in [1.807, 2.05) is 54.6 Å². The van der Waals surface area contributed by atoms with Crippen LogP contribution in [0.3, 0.4) is 0 Å². The van der Waals surface area contributed by atoms with Crippen LogP contribution in [0.25, 0.3) is 11.1 Å². The Morgan fingerprint density at radius 2 is 1.74 bits per heavy atom. The lowest BCUT2D eigenvalue weighted by Crippen LogP contribution is -2.59. The summed E-state index contributed by atoms with van der Waals surface area (Å²) in [6.07, 6.45) is 4.82. The summed E-state index contributed by atoms with van der Waals surface area (Å²) in [7, 11) is -2.18. The van der Waals surface area contributed by atoms with E-state index in [1.165, 1.54) is 4.90 Å². The Balaban J connectivity index is 1.30. The van der Waals surface area contributed by atoms with E-state index in [9.17, 15) is 27.6 Å². The topological polar surface area (TPSA) is 165 Å². The van der Waals surface area contributed by atoms with Crippen LogP contribution >= 0.6 is 0 Å². The Hall–Kier alpha value is -4.19. The summed E-state index contributed by atoms with van der Waals surface area (Å²) in [5, 5.41) is 4.95. The molecule has 4 N–H and O–H groups in total. The summed E-state index contributed by atoms with van der Waals surface area (Å²) in [4.78, 5) is 54.8. The van der Waals surface area contributed by atoms with E-state index in [1.54, 1.807) is 19.2 Å². The maximum Gasteiger partial charge on any atom is 0.411 e. The highest BCUT2D eigenvalue weighted by molar-refractivity contribution is 7.94. The summed E-state index contributed by atoms with van der Waals surface area (Å²) >= 11 is 0. The zero-order chi connectivity index (χ0) is 32.7. The number of ether oxygens (including phenoxy) is 1. The number of nitrogens with two attached hydrogens (primary N) is 1. The van der Waals surface area contributed by atoms with Crippen LogP contribution < -0.4 is 16.4 Å². The van der Waals surface area contributed by atoms with Crippen molar-refractivity contribution in [3.8, 4) is 11.1 Å². The highest BCUT2D eigenvalue weighted by Crippen LogP contribution is 2.55. The monoisotopic (exact) mass is 648 g/mol. The molecule has 4 aliphatic rings. The van der Waals surface area contributed by atoms with Crippen LogP contribution in [0.5, 0.6) is 0 Å². The van der Waals surface area contributed by atoms with E-state index in [-0.39, 0.29) is 19.3 Å². The molecule has 46 heavy (non-hydrogen) atoms. The Labute approximate surface area is 268 Å². The molecule has 0 saturated heterocycles. The Morgan fingerprint density at radius 3 is 2.46 bits per heavy atom. The number of sulfone groups is 1. The third-order valence-corrected chi connectivity index (χ3v) is 12.9. The van der Waals surface area contributed by atoms with Crippen LogP contribution in [-0.2, 0) is 29.0 Å². The molecule has 5 atom stereocenters. The number of anilines is 1. The van der Waals surface area contributed by atoms with Gasteiger partial charge < -0.3 is 20.7 Å². The van der Waals surface area contributed by atoms with Gasteiger partial charge in [0.1, 0.15) is 16.4 Å². The van der Waals surface area contributed by atoms with Crippen LogP contribution in [0.4, 0.5) is 10.5 Å². The van der Waals surface area contributed by atoms with Crippen molar-refractivity contribution < 1.29 is 32.3 Å². The minimum absolute atomic E-state index is 0.126. The molecule has 1 aliphatic heterocycles. The molecule has 0 aromatic heterocycles. The fourth-order valence-corrected chi connectivity index (χ4v) is 9.60. The first kappa shape index (κ1) is 31.8. The first-order valence-corrected chi connectivity index (χ1v) is 17.4. The van der Waals surface area contributed by atoms with Gasteiger partial charge in [0.25, 0.3) is 0 Å². The van der Waals surface area contributed by atoms with E-state index in [2.05, 4.69) is 10.6 Å².